The minimum Gasteiger partial charge on any atom is -0.368 e. The van der Waals surface area contributed by atoms with Gasteiger partial charge in [0, 0.05) is 32.5 Å². The van der Waals surface area contributed by atoms with E-state index in [-0.39, 0.29) is 51.7 Å². The lowest BCUT2D eigenvalue weighted by Crippen LogP contribution is -2.53. The van der Waals surface area contributed by atoms with Crippen molar-refractivity contribution in [1.29, 1.82) is 5.26 Å². The predicted molar refractivity (Wildman–Crippen MR) is 169 cm³/mol. The van der Waals surface area contributed by atoms with Crippen LogP contribution >= 0.6 is 0 Å². The number of nitrogens with two attached hydrogens (primary N) is 1. The molecule has 1 saturated heterocycles. The van der Waals surface area contributed by atoms with Crippen LogP contribution in [-0.4, -0.2) is 105 Å². The van der Waals surface area contributed by atoms with Crippen molar-refractivity contribution < 1.29 is 38.4 Å². The van der Waals surface area contributed by atoms with E-state index in [2.05, 4.69) is 42.5 Å². The Labute approximate surface area is 277 Å². The quantitative estimate of drug-likeness (QED) is 0.140. The Kier molecular flexibility index (Phi) is 16.5. The molecule has 1 aliphatic rings. The number of hydrogen-bond acceptors (Lipinski definition) is 10. The number of amides is 8. The first-order valence-corrected chi connectivity index (χ1v) is 15.3. The van der Waals surface area contributed by atoms with Crippen LogP contribution in [0.1, 0.15) is 43.7 Å². The molecule has 3 atom stereocenters. The maximum atomic E-state index is 13.0. The van der Waals surface area contributed by atoms with Crippen LogP contribution in [0.2, 0.25) is 0 Å². The van der Waals surface area contributed by atoms with Gasteiger partial charge in [-0.05, 0) is 43.4 Å². The number of carbonyl (C=O) groups is 8. The highest BCUT2D eigenvalue weighted by atomic mass is 16.2. The number of hydrogen-bond donors (Lipinski definition) is 9. The Morgan fingerprint density at radius 1 is 0.896 bits per heavy atom. The van der Waals surface area contributed by atoms with Gasteiger partial charge in [-0.1, -0.05) is 12.1 Å². The van der Waals surface area contributed by atoms with E-state index in [9.17, 15) is 38.4 Å². The van der Waals surface area contributed by atoms with Crippen LogP contribution in [0.5, 0.6) is 0 Å². The summed E-state index contributed by atoms with van der Waals surface area (Å²) >= 11 is 0. The number of benzene rings is 1. The van der Waals surface area contributed by atoms with Gasteiger partial charge in [-0.3, -0.25) is 38.4 Å². The minimum absolute atomic E-state index is 0.0972. The van der Waals surface area contributed by atoms with Crippen molar-refractivity contribution >= 4 is 47.3 Å². The van der Waals surface area contributed by atoms with Crippen LogP contribution < -0.4 is 48.3 Å². The van der Waals surface area contributed by atoms with E-state index in [0.717, 1.165) is 5.56 Å². The Morgan fingerprint density at radius 3 is 2.25 bits per heavy atom. The van der Waals surface area contributed by atoms with Crippen molar-refractivity contribution in [3.05, 3.63) is 35.4 Å². The van der Waals surface area contributed by atoms with Crippen LogP contribution in [0.3, 0.4) is 0 Å². The molecule has 8 amide bonds. The standard InChI is InChI=1S/C30H42N10O8/c1-18(41)35-15-27(45)40-23-8-9-24(42)34-10-2-3-22(29(32)47)39-28(46)16-36-25(43)14-33-13-21(38-26(44)17-37-30(23)48)11-19-4-6-20(12-31)7-5-19/h4-7,21-23,33H,2-3,8-11,13-17H2,1H3,(H2,32,47)(H,34,42)(H,35,41)(H,36,43)(H,37,48)(H,38,44)(H,39,46)(H,40,45). The average molecular weight is 671 g/mol. The van der Waals surface area contributed by atoms with Gasteiger partial charge in [0.1, 0.15) is 12.1 Å². The molecule has 0 radical (unpaired) electrons. The van der Waals surface area contributed by atoms with Crippen molar-refractivity contribution in [2.45, 2.75) is 57.2 Å². The van der Waals surface area contributed by atoms with Gasteiger partial charge in [-0.15, -0.1) is 0 Å². The first-order chi connectivity index (χ1) is 22.9. The molecule has 260 valence electrons. The van der Waals surface area contributed by atoms with E-state index in [0.29, 0.717) is 5.56 Å². The fourth-order valence-electron chi connectivity index (χ4n) is 4.49. The molecule has 0 bridgehead atoms. The van der Waals surface area contributed by atoms with Gasteiger partial charge >= 0.3 is 0 Å². The van der Waals surface area contributed by atoms with Crippen LogP contribution in [0, 0.1) is 11.3 Å². The Bertz CT molecular complexity index is 1380. The summed E-state index contributed by atoms with van der Waals surface area (Å²) in [5.74, 6) is -4.95. The lowest BCUT2D eigenvalue weighted by molar-refractivity contribution is -0.131. The van der Waals surface area contributed by atoms with Crippen LogP contribution in [-0.2, 0) is 44.8 Å². The number of primary amides is 1. The minimum atomic E-state index is -1.23. The molecule has 1 fully saturated rings. The van der Waals surface area contributed by atoms with E-state index in [1.165, 1.54) is 6.92 Å². The molecular weight excluding hydrogens is 628 g/mol. The molecule has 3 unspecified atom stereocenters. The Balaban J connectivity index is 2.20. The van der Waals surface area contributed by atoms with Gasteiger partial charge in [-0.2, -0.15) is 5.26 Å². The third kappa shape index (κ3) is 15.6. The van der Waals surface area contributed by atoms with Crippen LogP contribution in [0.4, 0.5) is 0 Å². The summed E-state index contributed by atoms with van der Waals surface area (Å²) in [6.07, 6.45) is 0.304. The van der Waals surface area contributed by atoms with E-state index < -0.39 is 85.0 Å². The number of carbonyl (C=O) groups excluding carboxylic acids is 8. The molecule has 48 heavy (non-hydrogen) atoms. The highest BCUT2D eigenvalue weighted by molar-refractivity contribution is 5.92. The van der Waals surface area contributed by atoms with Crippen molar-refractivity contribution in [2.75, 3.05) is 39.3 Å². The van der Waals surface area contributed by atoms with E-state index in [1.54, 1.807) is 24.3 Å². The maximum Gasteiger partial charge on any atom is 0.243 e. The second kappa shape index (κ2) is 20.5. The van der Waals surface area contributed by atoms with Gasteiger partial charge < -0.3 is 48.3 Å². The predicted octanol–water partition coefficient (Wildman–Crippen LogP) is -4.31. The smallest absolute Gasteiger partial charge is 0.243 e. The Morgan fingerprint density at radius 2 is 1.58 bits per heavy atom. The summed E-state index contributed by atoms with van der Waals surface area (Å²) in [6, 6.07) is 5.81. The fourth-order valence-corrected chi connectivity index (χ4v) is 4.49. The molecule has 1 heterocycles. The normalized spacial score (nSPS) is 21.1. The monoisotopic (exact) mass is 670 g/mol. The summed E-state index contributed by atoms with van der Waals surface area (Å²) in [4.78, 5) is 98.5. The zero-order valence-electron chi connectivity index (χ0n) is 26.6. The Hall–Kier alpha value is -5.57. The second-order valence-corrected chi connectivity index (χ2v) is 11.0. The summed E-state index contributed by atoms with van der Waals surface area (Å²) in [7, 11) is 0. The summed E-state index contributed by atoms with van der Waals surface area (Å²) < 4.78 is 0. The van der Waals surface area contributed by atoms with Gasteiger partial charge in [0.2, 0.25) is 47.3 Å². The third-order valence-corrected chi connectivity index (χ3v) is 6.96. The largest absolute Gasteiger partial charge is 0.368 e. The zero-order chi connectivity index (χ0) is 35.5. The molecule has 0 saturated carbocycles. The topological polar surface area (TPSA) is 283 Å². The van der Waals surface area contributed by atoms with Gasteiger partial charge in [0.05, 0.1) is 37.8 Å². The summed E-state index contributed by atoms with van der Waals surface area (Å²) in [5.41, 5.74) is 6.61. The molecule has 1 aromatic carbocycles. The SMILES string of the molecule is CC(=O)NCC(=O)NC1CCC(=O)NCCCC(C(N)=O)NC(=O)CNC(=O)CNCC(Cc2ccc(C#N)cc2)NC(=O)CNC1=O. The van der Waals surface area contributed by atoms with E-state index >= 15 is 0 Å². The highest BCUT2D eigenvalue weighted by Gasteiger charge is 2.24. The van der Waals surface area contributed by atoms with Crippen LogP contribution in [0.15, 0.2) is 24.3 Å². The lowest BCUT2D eigenvalue weighted by atomic mass is 10.0. The van der Waals surface area contributed by atoms with E-state index in [1.807, 2.05) is 6.07 Å². The van der Waals surface area contributed by atoms with Gasteiger partial charge in [0.15, 0.2) is 0 Å². The first kappa shape index (κ1) is 38.6. The molecule has 1 aromatic rings. The lowest BCUT2D eigenvalue weighted by Gasteiger charge is -2.21. The molecule has 0 aliphatic carbocycles. The van der Waals surface area contributed by atoms with Crippen molar-refractivity contribution in [3.63, 3.8) is 0 Å². The van der Waals surface area contributed by atoms with Gasteiger partial charge in [0.25, 0.3) is 0 Å². The fraction of sp³-hybridized carbons (Fsp3) is 0.500. The number of nitriles is 1. The zero-order valence-corrected chi connectivity index (χ0v) is 26.6. The van der Waals surface area contributed by atoms with Gasteiger partial charge in [-0.25, -0.2) is 0 Å². The van der Waals surface area contributed by atoms with E-state index in [4.69, 9.17) is 11.0 Å². The summed E-state index contributed by atoms with van der Waals surface area (Å²) in [6.45, 7) is -0.116. The molecular formula is C30H42N10O8. The average Bonchev–Trinajstić information content (AvgIpc) is 3.04. The maximum absolute atomic E-state index is 13.0. The summed E-state index contributed by atoms with van der Waals surface area (Å²) in [5, 5.41) is 29.5. The van der Waals surface area contributed by atoms with Crippen molar-refractivity contribution in [1.82, 2.24) is 42.5 Å². The second-order valence-electron chi connectivity index (χ2n) is 11.0. The molecule has 1 aliphatic heterocycles. The van der Waals surface area contributed by atoms with Crippen molar-refractivity contribution in [3.8, 4) is 6.07 Å². The van der Waals surface area contributed by atoms with Crippen molar-refractivity contribution in [2.24, 2.45) is 5.73 Å². The number of rotatable bonds is 6. The molecule has 18 nitrogen and oxygen atoms in total. The first-order valence-electron chi connectivity index (χ1n) is 15.3. The molecule has 0 spiro atoms. The van der Waals surface area contributed by atoms with Crippen LogP contribution in [0.25, 0.3) is 0 Å². The molecule has 0 aromatic heterocycles. The molecule has 18 heteroatoms. The third-order valence-electron chi connectivity index (χ3n) is 6.96. The molecule has 2 rings (SSSR count). The highest BCUT2D eigenvalue weighted by Crippen LogP contribution is 2.07. The number of nitrogens with zero attached hydrogens (tertiary/aromatic N) is 1. The molecule has 10 N–H and O–H groups in total. The number of nitrogens with one attached hydrogen (secondary N) is 8.